The molecule has 1 saturated heterocycles. The number of rotatable bonds is 5. The Balaban J connectivity index is 1.79. The average Bonchev–Trinajstić information content (AvgIpc) is 2.97. The summed E-state index contributed by atoms with van der Waals surface area (Å²) in [5.41, 5.74) is 1.14. The lowest BCUT2D eigenvalue weighted by Gasteiger charge is -2.22. The van der Waals surface area contributed by atoms with E-state index in [9.17, 15) is 9.59 Å². The SMILES string of the molecule is COc1ccc(CCNC(=O)C2CCCN2C(C)=O)cc1. The predicted octanol–water partition coefficient (Wildman–Crippen LogP) is 1.36. The summed E-state index contributed by atoms with van der Waals surface area (Å²) < 4.78 is 5.11. The molecule has 1 aliphatic rings. The van der Waals surface area contributed by atoms with Crippen LogP contribution in [0.1, 0.15) is 25.3 Å². The number of methoxy groups -OCH3 is 1. The van der Waals surface area contributed by atoms with Crippen molar-refractivity contribution in [1.29, 1.82) is 0 Å². The minimum atomic E-state index is -0.293. The normalized spacial score (nSPS) is 17.6. The zero-order valence-electron chi connectivity index (χ0n) is 12.6. The van der Waals surface area contributed by atoms with Crippen LogP contribution in [0.25, 0.3) is 0 Å². The molecule has 114 valence electrons. The summed E-state index contributed by atoms with van der Waals surface area (Å²) in [7, 11) is 1.64. The molecular formula is C16H22N2O3. The monoisotopic (exact) mass is 290 g/mol. The van der Waals surface area contributed by atoms with E-state index in [0.717, 1.165) is 30.6 Å². The van der Waals surface area contributed by atoms with Crippen LogP contribution in [0.15, 0.2) is 24.3 Å². The first-order chi connectivity index (χ1) is 10.1. The number of carbonyl (C=O) groups excluding carboxylic acids is 2. The van der Waals surface area contributed by atoms with Gasteiger partial charge in [0.15, 0.2) is 0 Å². The van der Waals surface area contributed by atoms with Crippen LogP contribution >= 0.6 is 0 Å². The summed E-state index contributed by atoms with van der Waals surface area (Å²) in [5.74, 6) is 0.754. The first-order valence-corrected chi connectivity index (χ1v) is 7.29. The molecule has 2 amide bonds. The van der Waals surface area contributed by atoms with Crippen LogP contribution < -0.4 is 10.1 Å². The molecule has 1 fully saturated rings. The van der Waals surface area contributed by atoms with Crippen LogP contribution in [0, 0.1) is 0 Å². The molecule has 1 N–H and O–H groups in total. The molecule has 0 aromatic heterocycles. The maximum atomic E-state index is 12.1. The van der Waals surface area contributed by atoms with Crippen molar-refractivity contribution >= 4 is 11.8 Å². The Hall–Kier alpha value is -2.04. The van der Waals surface area contributed by atoms with Crippen LogP contribution in [0.5, 0.6) is 5.75 Å². The summed E-state index contributed by atoms with van der Waals surface area (Å²) in [6.07, 6.45) is 2.42. The largest absolute Gasteiger partial charge is 0.497 e. The van der Waals surface area contributed by atoms with Crippen molar-refractivity contribution in [2.45, 2.75) is 32.2 Å². The topological polar surface area (TPSA) is 58.6 Å². The number of benzene rings is 1. The highest BCUT2D eigenvalue weighted by molar-refractivity contribution is 5.87. The Bertz CT molecular complexity index is 499. The third-order valence-corrected chi connectivity index (χ3v) is 3.83. The van der Waals surface area contributed by atoms with E-state index in [1.165, 1.54) is 6.92 Å². The van der Waals surface area contributed by atoms with Crippen molar-refractivity contribution in [2.75, 3.05) is 20.2 Å². The van der Waals surface area contributed by atoms with Gasteiger partial charge in [0.25, 0.3) is 0 Å². The lowest BCUT2D eigenvalue weighted by atomic mass is 10.1. The maximum absolute atomic E-state index is 12.1. The number of hydrogen-bond acceptors (Lipinski definition) is 3. The molecule has 1 atom stereocenters. The number of ether oxygens (including phenoxy) is 1. The molecule has 1 aromatic carbocycles. The fourth-order valence-electron chi connectivity index (χ4n) is 2.66. The van der Waals surface area contributed by atoms with Crippen LogP contribution in [-0.2, 0) is 16.0 Å². The van der Waals surface area contributed by atoms with Gasteiger partial charge in [-0.1, -0.05) is 12.1 Å². The molecule has 1 aromatic rings. The van der Waals surface area contributed by atoms with Crippen LogP contribution in [0.2, 0.25) is 0 Å². The molecule has 2 rings (SSSR count). The Morgan fingerprint density at radius 3 is 2.67 bits per heavy atom. The zero-order valence-corrected chi connectivity index (χ0v) is 12.6. The van der Waals surface area contributed by atoms with Gasteiger partial charge in [0.05, 0.1) is 7.11 Å². The van der Waals surface area contributed by atoms with Gasteiger partial charge in [0.2, 0.25) is 11.8 Å². The highest BCUT2D eigenvalue weighted by Gasteiger charge is 2.31. The Morgan fingerprint density at radius 1 is 1.33 bits per heavy atom. The molecule has 0 bridgehead atoms. The summed E-state index contributed by atoms with van der Waals surface area (Å²) in [5, 5.41) is 2.92. The standard InChI is InChI=1S/C16H22N2O3/c1-12(19)18-11-3-4-15(18)16(20)17-10-9-13-5-7-14(21-2)8-6-13/h5-8,15H,3-4,9-11H2,1-2H3,(H,17,20). The van der Waals surface area contributed by atoms with Gasteiger partial charge in [-0.2, -0.15) is 0 Å². The van der Waals surface area contributed by atoms with Gasteiger partial charge in [-0.05, 0) is 37.0 Å². The molecule has 5 nitrogen and oxygen atoms in total. The minimum absolute atomic E-state index is 0.0252. The molecule has 0 spiro atoms. The van der Waals surface area contributed by atoms with E-state index >= 15 is 0 Å². The van der Waals surface area contributed by atoms with Crippen molar-refractivity contribution in [3.8, 4) is 5.75 Å². The summed E-state index contributed by atoms with van der Waals surface area (Å²) >= 11 is 0. The predicted molar refractivity (Wildman–Crippen MR) is 80.1 cm³/mol. The molecule has 0 radical (unpaired) electrons. The number of hydrogen-bond donors (Lipinski definition) is 1. The number of nitrogens with zero attached hydrogens (tertiary/aromatic N) is 1. The van der Waals surface area contributed by atoms with Crippen molar-refractivity contribution in [3.63, 3.8) is 0 Å². The van der Waals surface area contributed by atoms with Gasteiger partial charge in [0.1, 0.15) is 11.8 Å². The average molecular weight is 290 g/mol. The highest BCUT2D eigenvalue weighted by atomic mass is 16.5. The molecule has 1 aliphatic heterocycles. The van der Waals surface area contributed by atoms with E-state index in [1.54, 1.807) is 12.0 Å². The molecular weight excluding hydrogens is 268 g/mol. The van der Waals surface area contributed by atoms with Gasteiger partial charge in [-0.15, -0.1) is 0 Å². The second-order valence-electron chi connectivity index (χ2n) is 5.26. The molecule has 0 saturated carbocycles. The number of nitrogens with one attached hydrogen (secondary N) is 1. The number of amides is 2. The minimum Gasteiger partial charge on any atom is -0.497 e. The van der Waals surface area contributed by atoms with E-state index in [1.807, 2.05) is 24.3 Å². The van der Waals surface area contributed by atoms with Crippen molar-refractivity contribution in [1.82, 2.24) is 10.2 Å². The molecule has 21 heavy (non-hydrogen) atoms. The van der Waals surface area contributed by atoms with Crippen LogP contribution in [-0.4, -0.2) is 43.0 Å². The second-order valence-corrected chi connectivity index (χ2v) is 5.26. The number of likely N-dealkylation sites (tertiary alicyclic amines) is 1. The smallest absolute Gasteiger partial charge is 0.242 e. The summed E-state index contributed by atoms with van der Waals surface area (Å²) in [6, 6.07) is 7.50. The van der Waals surface area contributed by atoms with Crippen LogP contribution in [0.4, 0.5) is 0 Å². The molecule has 1 unspecified atom stereocenters. The van der Waals surface area contributed by atoms with E-state index in [2.05, 4.69) is 5.32 Å². The lowest BCUT2D eigenvalue weighted by Crippen LogP contribution is -2.45. The molecule has 5 heteroatoms. The number of carbonyl (C=O) groups is 2. The Kier molecular flexibility index (Phi) is 5.20. The maximum Gasteiger partial charge on any atom is 0.242 e. The first-order valence-electron chi connectivity index (χ1n) is 7.29. The van der Waals surface area contributed by atoms with Gasteiger partial charge in [-0.3, -0.25) is 9.59 Å². The fraction of sp³-hybridized carbons (Fsp3) is 0.500. The third-order valence-electron chi connectivity index (χ3n) is 3.83. The van der Waals surface area contributed by atoms with Gasteiger partial charge >= 0.3 is 0 Å². The second kappa shape index (κ2) is 7.11. The van der Waals surface area contributed by atoms with Gasteiger partial charge in [0, 0.05) is 20.0 Å². The van der Waals surface area contributed by atoms with Crippen molar-refractivity contribution in [2.24, 2.45) is 0 Å². The Labute approximate surface area is 125 Å². The third kappa shape index (κ3) is 3.97. The van der Waals surface area contributed by atoms with Crippen molar-refractivity contribution < 1.29 is 14.3 Å². The van der Waals surface area contributed by atoms with E-state index in [4.69, 9.17) is 4.74 Å². The molecule has 0 aliphatic carbocycles. The lowest BCUT2D eigenvalue weighted by molar-refractivity contribution is -0.136. The van der Waals surface area contributed by atoms with Gasteiger partial charge in [-0.25, -0.2) is 0 Å². The van der Waals surface area contributed by atoms with E-state index < -0.39 is 0 Å². The fourth-order valence-corrected chi connectivity index (χ4v) is 2.66. The summed E-state index contributed by atoms with van der Waals surface area (Å²) in [4.78, 5) is 25.2. The zero-order chi connectivity index (χ0) is 15.2. The van der Waals surface area contributed by atoms with E-state index in [0.29, 0.717) is 13.1 Å². The summed E-state index contributed by atoms with van der Waals surface area (Å²) in [6.45, 7) is 2.78. The Morgan fingerprint density at radius 2 is 2.05 bits per heavy atom. The van der Waals surface area contributed by atoms with Crippen LogP contribution in [0.3, 0.4) is 0 Å². The van der Waals surface area contributed by atoms with Crippen molar-refractivity contribution in [3.05, 3.63) is 29.8 Å². The molecule has 1 heterocycles. The van der Waals surface area contributed by atoms with Gasteiger partial charge < -0.3 is 15.0 Å². The quantitative estimate of drug-likeness (QED) is 0.891. The van der Waals surface area contributed by atoms with E-state index in [-0.39, 0.29) is 17.9 Å². The highest BCUT2D eigenvalue weighted by Crippen LogP contribution is 2.17. The first kappa shape index (κ1) is 15.4.